The van der Waals surface area contributed by atoms with Crippen LogP contribution in [-0.2, 0) is 4.79 Å². The smallest absolute Gasteiger partial charge is 0.321 e. The zero-order valence-electron chi connectivity index (χ0n) is 16.4. The molecule has 1 aromatic heterocycles. The molecule has 3 rings (SSSR count). The van der Waals surface area contributed by atoms with Crippen LogP contribution in [0.2, 0.25) is 0 Å². The fourth-order valence-corrected chi connectivity index (χ4v) is 4.73. The number of benzene rings is 1. The lowest BCUT2D eigenvalue weighted by molar-refractivity contribution is -0.119. The zero-order chi connectivity index (χ0) is 19.9. The predicted molar refractivity (Wildman–Crippen MR) is 109 cm³/mol. The van der Waals surface area contributed by atoms with E-state index in [0.29, 0.717) is 12.6 Å². The normalized spacial score (nSPS) is 15.8. The zero-order valence-corrected chi connectivity index (χ0v) is 17.2. The summed E-state index contributed by atoms with van der Waals surface area (Å²) in [6, 6.07) is 9.35. The topological polar surface area (TPSA) is 88.9 Å². The van der Waals surface area contributed by atoms with Gasteiger partial charge in [-0.2, -0.15) is 0 Å². The predicted octanol–water partition coefficient (Wildman–Crippen LogP) is 3.77. The first kappa shape index (κ1) is 20.4. The SMILES string of the molecule is CCNC(=O)NC(=O)[C@@H](Sc1nnc(C)n1C1CCCCC1)c1ccccc1. The first-order valence-corrected chi connectivity index (χ1v) is 10.7. The lowest BCUT2D eigenvalue weighted by Crippen LogP contribution is -2.41. The Labute approximate surface area is 169 Å². The Morgan fingerprint density at radius 3 is 2.57 bits per heavy atom. The number of carbonyl (C=O) groups excluding carboxylic acids is 2. The van der Waals surface area contributed by atoms with Gasteiger partial charge in [0, 0.05) is 12.6 Å². The van der Waals surface area contributed by atoms with Crippen LogP contribution in [0.25, 0.3) is 0 Å². The summed E-state index contributed by atoms with van der Waals surface area (Å²) in [7, 11) is 0. The number of rotatable bonds is 6. The fraction of sp³-hybridized carbons (Fsp3) is 0.500. The van der Waals surface area contributed by atoms with Gasteiger partial charge in [-0.1, -0.05) is 61.4 Å². The van der Waals surface area contributed by atoms with E-state index in [1.54, 1.807) is 0 Å². The third-order valence-corrected chi connectivity index (χ3v) is 6.12. The van der Waals surface area contributed by atoms with E-state index in [2.05, 4.69) is 25.4 Å². The minimum Gasteiger partial charge on any atom is -0.338 e. The van der Waals surface area contributed by atoms with Gasteiger partial charge in [-0.15, -0.1) is 10.2 Å². The van der Waals surface area contributed by atoms with E-state index in [1.807, 2.05) is 44.2 Å². The summed E-state index contributed by atoms with van der Waals surface area (Å²) in [5.41, 5.74) is 0.824. The second-order valence-corrected chi connectivity index (χ2v) is 8.02. The molecule has 0 bridgehead atoms. The lowest BCUT2D eigenvalue weighted by Gasteiger charge is -2.26. The fourth-order valence-electron chi connectivity index (χ4n) is 3.58. The summed E-state index contributed by atoms with van der Waals surface area (Å²) in [5, 5.41) is 13.8. The van der Waals surface area contributed by atoms with Crippen molar-refractivity contribution in [2.24, 2.45) is 0 Å². The van der Waals surface area contributed by atoms with Gasteiger partial charge < -0.3 is 9.88 Å². The minimum atomic E-state index is -0.588. The van der Waals surface area contributed by atoms with Gasteiger partial charge in [0.25, 0.3) is 0 Å². The van der Waals surface area contributed by atoms with Gasteiger partial charge in [0.05, 0.1) is 0 Å². The molecule has 0 unspecified atom stereocenters. The maximum absolute atomic E-state index is 12.9. The maximum Gasteiger partial charge on any atom is 0.321 e. The molecule has 2 aromatic rings. The van der Waals surface area contributed by atoms with E-state index < -0.39 is 11.3 Å². The number of carbonyl (C=O) groups is 2. The Kier molecular flexibility index (Phi) is 7.08. The Bertz CT molecular complexity index is 802. The molecule has 1 atom stereocenters. The van der Waals surface area contributed by atoms with E-state index in [-0.39, 0.29) is 5.91 Å². The number of hydrogen-bond acceptors (Lipinski definition) is 5. The van der Waals surface area contributed by atoms with Crippen molar-refractivity contribution in [2.45, 2.75) is 62.4 Å². The highest BCUT2D eigenvalue weighted by atomic mass is 32.2. The Morgan fingerprint density at radius 2 is 1.89 bits per heavy atom. The highest BCUT2D eigenvalue weighted by Crippen LogP contribution is 2.38. The Balaban J connectivity index is 1.86. The second-order valence-electron chi connectivity index (χ2n) is 6.95. The van der Waals surface area contributed by atoms with Crippen molar-refractivity contribution in [3.05, 3.63) is 41.7 Å². The van der Waals surface area contributed by atoms with Gasteiger partial charge in [-0.3, -0.25) is 10.1 Å². The van der Waals surface area contributed by atoms with Crippen molar-refractivity contribution in [1.82, 2.24) is 25.4 Å². The van der Waals surface area contributed by atoms with E-state index in [0.717, 1.165) is 29.4 Å². The van der Waals surface area contributed by atoms with Crippen LogP contribution in [-0.4, -0.2) is 33.2 Å². The van der Waals surface area contributed by atoms with Crippen LogP contribution in [0.1, 0.15) is 61.7 Å². The maximum atomic E-state index is 12.9. The monoisotopic (exact) mass is 401 g/mol. The number of amides is 3. The molecule has 8 heteroatoms. The average Bonchev–Trinajstić information content (AvgIpc) is 3.07. The van der Waals surface area contributed by atoms with Crippen molar-refractivity contribution in [3.8, 4) is 0 Å². The molecule has 0 radical (unpaired) electrons. The average molecular weight is 402 g/mol. The van der Waals surface area contributed by atoms with Crippen molar-refractivity contribution in [3.63, 3.8) is 0 Å². The molecule has 1 fully saturated rings. The molecular weight excluding hydrogens is 374 g/mol. The minimum absolute atomic E-state index is 0.363. The number of imide groups is 1. The molecular formula is C20H27N5O2S. The summed E-state index contributed by atoms with van der Waals surface area (Å²) in [5.74, 6) is 0.503. The van der Waals surface area contributed by atoms with Gasteiger partial charge in [0.15, 0.2) is 5.16 Å². The van der Waals surface area contributed by atoms with Crippen molar-refractivity contribution in [2.75, 3.05) is 6.54 Å². The van der Waals surface area contributed by atoms with Gasteiger partial charge in [0.1, 0.15) is 11.1 Å². The largest absolute Gasteiger partial charge is 0.338 e. The molecule has 1 heterocycles. The molecule has 2 N–H and O–H groups in total. The van der Waals surface area contributed by atoms with Crippen LogP contribution < -0.4 is 10.6 Å². The highest BCUT2D eigenvalue weighted by molar-refractivity contribution is 8.00. The standard InChI is InChI=1S/C20H27N5O2S/c1-3-21-19(27)22-18(26)17(15-10-6-4-7-11-15)28-20-24-23-14(2)25(20)16-12-8-5-9-13-16/h4,6-7,10-11,16-17H,3,5,8-9,12-13H2,1-2H3,(H2,21,22,26,27)/t17-/m0/s1. The first-order valence-electron chi connectivity index (χ1n) is 9.82. The summed E-state index contributed by atoms with van der Waals surface area (Å²) in [6.07, 6.45) is 5.88. The van der Waals surface area contributed by atoms with E-state index in [9.17, 15) is 9.59 Å². The number of aryl methyl sites for hydroxylation is 1. The third kappa shape index (κ3) is 4.92. The van der Waals surface area contributed by atoms with E-state index in [4.69, 9.17) is 0 Å². The Hall–Kier alpha value is -2.35. The van der Waals surface area contributed by atoms with Crippen LogP contribution in [0.5, 0.6) is 0 Å². The van der Waals surface area contributed by atoms with E-state index in [1.165, 1.54) is 31.0 Å². The number of nitrogens with one attached hydrogen (secondary N) is 2. The summed E-state index contributed by atoms with van der Waals surface area (Å²) in [4.78, 5) is 24.8. The quantitative estimate of drug-likeness (QED) is 0.719. The van der Waals surface area contributed by atoms with Gasteiger partial charge >= 0.3 is 6.03 Å². The molecule has 1 aliphatic carbocycles. The Morgan fingerprint density at radius 1 is 1.18 bits per heavy atom. The number of nitrogens with zero attached hydrogens (tertiary/aromatic N) is 3. The molecule has 1 saturated carbocycles. The van der Waals surface area contributed by atoms with Crippen LogP contribution in [0.3, 0.4) is 0 Å². The van der Waals surface area contributed by atoms with Crippen LogP contribution in [0.15, 0.2) is 35.5 Å². The second kappa shape index (κ2) is 9.73. The molecule has 0 spiro atoms. The lowest BCUT2D eigenvalue weighted by atomic mass is 9.95. The van der Waals surface area contributed by atoms with Crippen molar-refractivity contribution >= 4 is 23.7 Å². The van der Waals surface area contributed by atoms with Crippen LogP contribution >= 0.6 is 11.8 Å². The highest BCUT2D eigenvalue weighted by Gasteiger charge is 2.28. The number of urea groups is 1. The molecule has 0 aliphatic heterocycles. The summed E-state index contributed by atoms with van der Waals surface area (Å²) in [6.45, 7) is 4.22. The van der Waals surface area contributed by atoms with Crippen molar-refractivity contribution < 1.29 is 9.59 Å². The number of thioether (sulfide) groups is 1. The molecule has 0 saturated heterocycles. The molecule has 3 amide bonds. The first-order chi connectivity index (χ1) is 13.6. The number of hydrogen-bond donors (Lipinski definition) is 2. The molecule has 7 nitrogen and oxygen atoms in total. The van der Waals surface area contributed by atoms with Gasteiger partial charge in [-0.05, 0) is 32.3 Å². The number of aromatic nitrogens is 3. The van der Waals surface area contributed by atoms with Crippen LogP contribution in [0.4, 0.5) is 4.79 Å². The van der Waals surface area contributed by atoms with Crippen molar-refractivity contribution in [1.29, 1.82) is 0 Å². The van der Waals surface area contributed by atoms with Gasteiger partial charge in [-0.25, -0.2) is 4.79 Å². The summed E-state index contributed by atoms with van der Waals surface area (Å²) >= 11 is 1.35. The molecule has 28 heavy (non-hydrogen) atoms. The van der Waals surface area contributed by atoms with Crippen LogP contribution in [0, 0.1) is 6.92 Å². The van der Waals surface area contributed by atoms with Gasteiger partial charge in [0.2, 0.25) is 5.91 Å². The van der Waals surface area contributed by atoms with E-state index >= 15 is 0 Å². The molecule has 150 valence electrons. The molecule has 1 aliphatic rings. The third-order valence-electron chi connectivity index (χ3n) is 4.91. The molecule has 1 aromatic carbocycles. The summed E-state index contributed by atoms with van der Waals surface area (Å²) < 4.78 is 2.17.